The van der Waals surface area contributed by atoms with E-state index < -0.39 is 15.8 Å². The van der Waals surface area contributed by atoms with Crippen LogP contribution in [0.1, 0.15) is 5.69 Å². The highest BCUT2D eigenvalue weighted by molar-refractivity contribution is 7.89. The van der Waals surface area contributed by atoms with E-state index in [1.807, 2.05) is 0 Å². The van der Waals surface area contributed by atoms with Crippen molar-refractivity contribution in [2.45, 2.75) is 11.4 Å². The van der Waals surface area contributed by atoms with Crippen molar-refractivity contribution in [1.29, 1.82) is 0 Å². The van der Waals surface area contributed by atoms with Crippen LogP contribution in [0.15, 0.2) is 52.4 Å². The second-order valence-electron chi connectivity index (χ2n) is 4.38. The molecule has 3 aromatic rings. The van der Waals surface area contributed by atoms with Crippen molar-refractivity contribution in [1.82, 2.24) is 19.5 Å². The molecule has 0 aliphatic rings. The highest BCUT2D eigenvalue weighted by atomic mass is 32.2. The van der Waals surface area contributed by atoms with E-state index in [0.29, 0.717) is 5.69 Å². The summed E-state index contributed by atoms with van der Waals surface area (Å²) in [6.07, 6.45) is 2.44. The Balaban J connectivity index is 1.82. The number of nitrogens with zero attached hydrogens (tertiary/aromatic N) is 3. The molecule has 0 aliphatic heterocycles. The van der Waals surface area contributed by atoms with Gasteiger partial charge in [-0.2, -0.15) is 5.10 Å². The molecular weight excluding hydrogens is 327 g/mol. The summed E-state index contributed by atoms with van der Waals surface area (Å²) >= 11 is 1.38. The smallest absolute Gasteiger partial charge is 0.244 e. The zero-order valence-corrected chi connectivity index (χ0v) is 12.8. The van der Waals surface area contributed by atoms with Crippen molar-refractivity contribution in [3.05, 3.63) is 59.1 Å². The van der Waals surface area contributed by atoms with Gasteiger partial charge in [0.25, 0.3) is 0 Å². The van der Waals surface area contributed by atoms with E-state index >= 15 is 0 Å². The molecule has 0 bridgehead atoms. The highest BCUT2D eigenvalue weighted by Crippen LogP contribution is 2.15. The first kappa shape index (κ1) is 14.8. The molecule has 0 saturated carbocycles. The Morgan fingerprint density at radius 1 is 1.32 bits per heavy atom. The molecule has 9 heteroatoms. The zero-order valence-electron chi connectivity index (χ0n) is 11.2. The first-order valence-corrected chi connectivity index (χ1v) is 8.65. The van der Waals surface area contributed by atoms with Crippen LogP contribution in [0.2, 0.25) is 0 Å². The van der Waals surface area contributed by atoms with E-state index in [2.05, 4.69) is 14.8 Å². The van der Waals surface area contributed by atoms with Crippen LogP contribution in [0.25, 0.3) is 5.69 Å². The fraction of sp³-hybridized carbons (Fsp3) is 0.0769. The first-order chi connectivity index (χ1) is 10.6. The minimum atomic E-state index is -3.73. The monoisotopic (exact) mass is 338 g/mol. The second-order valence-corrected chi connectivity index (χ2v) is 6.86. The van der Waals surface area contributed by atoms with Crippen molar-refractivity contribution in [2.24, 2.45) is 0 Å². The lowest BCUT2D eigenvalue weighted by Crippen LogP contribution is -2.23. The van der Waals surface area contributed by atoms with Gasteiger partial charge in [0.2, 0.25) is 10.0 Å². The predicted molar refractivity (Wildman–Crippen MR) is 79.7 cm³/mol. The van der Waals surface area contributed by atoms with Crippen molar-refractivity contribution in [3.63, 3.8) is 0 Å². The summed E-state index contributed by atoms with van der Waals surface area (Å²) in [5.41, 5.74) is 2.44. The van der Waals surface area contributed by atoms with Gasteiger partial charge >= 0.3 is 0 Å². The molecule has 0 unspecified atom stereocenters. The number of thiazole rings is 1. The lowest BCUT2D eigenvalue weighted by molar-refractivity contribution is 0.580. The summed E-state index contributed by atoms with van der Waals surface area (Å²) in [6.45, 7) is 0.0940. The molecule has 0 aliphatic carbocycles. The summed E-state index contributed by atoms with van der Waals surface area (Å²) in [5.74, 6) is -0.481. The summed E-state index contributed by atoms with van der Waals surface area (Å²) < 4.78 is 41.6. The molecule has 0 fully saturated rings. The second kappa shape index (κ2) is 5.95. The molecule has 2 heterocycles. The van der Waals surface area contributed by atoms with Gasteiger partial charge in [0.05, 0.1) is 30.1 Å². The van der Waals surface area contributed by atoms with E-state index in [9.17, 15) is 12.8 Å². The van der Waals surface area contributed by atoms with E-state index in [1.165, 1.54) is 40.5 Å². The third kappa shape index (κ3) is 3.06. The maximum Gasteiger partial charge on any atom is 0.244 e. The molecule has 0 radical (unpaired) electrons. The van der Waals surface area contributed by atoms with Crippen LogP contribution < -0.4 is 4.72 Å². The maximum atomic E-state index is 13.7. The molecular formula is C13H11FN4O2S2. The fourth-order valence-corrected chi connectivity index (χ4v) is 3.28. The Kier molecular flexibility index (Phi) is 4.01. The number of hydrogen-bond donors (Lipinski definition) is 1. The number of para-hydroxylation sites is 1. The fourth-order valence-electron chi connectivity index (χ4n) is 1.79. The third-order valence-corrected chi connectivity index (χ3v) is 4.89. The van der Waals surface area contributed by atoms with Crippen molar-refractivity contribution in [2.75, 3.05) is 0 Å². The molecule has 0 atom stereocenters. The number of sulfonamides is 1. The molecule has 0 spiro atoms. The maximum absolute atomic E-state index is 13.7. The molecule has 22 heavy (non-hydrogen) atoms. The number of nitrogens with one attached hydrogen (secondary N) is 1. The molecule has 0 amide bonds. The van der Waals surface area contributed by atoms with E-state index in [-0.39, 0.29) is 17.1 Å². The Labute approximate surface area is 130 Å². The van der Waals surface area contributed by atoms with Gasteiger partial charge in [-0.3, -0.25) is 0 Å². The normalized spacial score (nSPS) is 11.7. The van der Waals surface area contributed by atoms with Crippen LogP contribution in [-0.4, -0.2) is 23.2 Å². The third-order valence-electron chi connectivity index (χ3n) is 2.90. The molecule has 1 aromatic carbocycles. The Morgan fingerprint density at radius 2 is 2.14 bits per heavy atom. The van der Waals surface area contributed by atoms with Gasteiger partial charge in [0, 0.05) is 5.38 Å². The Bertz CT molecular complexity index is 875. The molecule has 6 nitrogen and oxygen atoms in total. The lowest BCUT2D eigenvalue weighted by atomic mass is 10.3. The quantitative estimate of drug-likeness (QED) is 0.771. The Hall–Kier alpha value is -2.10. The Morgan fingerprint density at radius 3 is 2.86 bits per heavy atom. The standard InChI is InChI=1S/C13H11FN4O2S2/c14-12-3-1-2-4-13(12)18-7-11(6-16-18)22(19,20)17-5-10-8-21-9-15-10/h1-4,6-9,17H,5H2. The SMILES string of the molecule is O=S(=O)(NCc1cscn1)c1cnn(-c2ccccc2F)c1. The van der Waals surface area contributed by atoms with Gasteiger partial charge < -0.3 is 0 Å². The molecule has 114 valence electrons. The van der Waals surface area contributed by atoms with Crippen molar-refractivity contribution < 1.29 is 12.8 Å². The summed E-state index contributed by atoms with van der Waals surface area (Å²) in [4.78, 5) is 3.96. The van der Waals surface area contributed by atoms with Crippen LogP contribution >= 0.6 is 11.3 Å². The van der Waals surface area contributed by atoms with Gasteiger partial charge in [0.1, 0.15) is 16.4 Å². The van der Waals surface area contributed by atoms with Gasteiger partial charge in [-0.05, 0) is 12.1 Å². The predicted octanol–water partition coefficient (Wildman–Crippen LogP) is 1.95. The summed E-state index contributed by atoms with van der Waals surface area (Å²) in [5, 5.41) is 5.66. The van der Waals surface area contributed by atoms with Crippen molar-refractivity contribution in [3.8, 4) is 5.69 Å². The van der Waals surface area contributed by atoms with E-state index in [0.717, 1.165) is 0 Å². The lowest BCUT2D eigenvalue weighted by Gasteiger charge is -2.03. The number of benzene rings is 1. The topological polar surface area (TPSA) is 76.9 Å². The number of halogens is 1. The molecule has 1 N–H and O–H groups in total. The number of rotatable bonds is 5. The molecule has 0 saturated heterocycles. The van der Waals surface area contributed by atoms with Gasteiger partial charge in [0.15, 0.2) is 0 Å². The minimum absolute atomic E-state index is 0.0361. The van der Waals surface area contributed by atoms with E-state index in [1.54, 1.807) is 23.0 Å². The van der Waals surface area contributed by atoms with Crippen LogP contribution in [-0.2, 0) is 16.6 Å². The highest BCUT2D eigenvalue weighted by Gasteiger charge is 2.17. The van der Waals surface area contributed by atoms with Gasteiger partial charge in [-0.25, -0.2) is 27.2 Å². The van der Waals surface area contributed by atoms with Crippen LogP contribution in [0.5, 0.6) is 0 Å². The average Bonchev–Trinajstić information content (AvgIpc) is 3.18. The van der Waals surface area contributed by atoms with Crippen LogP contribution in [0.3, 0.4) is 0 Å². The summed E-state index contributed by atoms with van der Waals surface area (Å²) in [6, 6.07) is 6.00. The van der Waals surface area contributed by atoms with Crippen LogP contribution in [0, 0.1) is 5.82 Å². The van der Waals surface area contributed by atoms with E-state index in [4.69, 9.17) is 0 Å². The molecule has 2 aromatic heterocycles. The zero-order chi connectivity index (χ0) is 15.6. The van der Waals surface area contributed by atoms with Gasteiger partial charge in [-0.15, -0.1) is 11.3 Å². The number of aromatic nitrogens is 3. The molecule has 3 rings (SSSR count). The van der Waals surface area contributed by atoms with Crippen molar-refractivity contribution >= 4 is 21.4 Å². The van der Waals surface area contributed by atoms with Gasteiger partial charge in [-0.1, -0.05) is 12.1 Å². The number of hydrogen-bond acceptors (Lipinski definition) is 5. The first-order valence-electron chi connectivity index (χ1n) is 6.22. The summed E-state index contributed by atoms with van der Waals surface area (Å²) in [7, 11) is -3.73. The average molecular weight is 338 g/mol. The van der Waals surface area contributed by atoms with Crippen LogP contribution in [0.4, 0.5) is 4.39 Å². The largest absolute Gasteiger partial charge is 0.248 e. The minimum Gasteiger partial charge on any atom is -0.248 e.